The highest BCUT2D eigenvalue weighted by molar-refractivity contribution is 5.75. The first-order valence-corrected chi connectivity index (χ1v) is 8.05. The van der Waals surface area contributed by atoms with Gasteiger partial charge < -0.3 is 10.5 Å². The summed E-state index contributed by atoms with van der Waals surface area (Å²) in [5, 5.41) is 0. The second-order valence-corrected chi connectivity index (χ2v) is 7.79. The van der Waals surface area contributed by atoms with Crippen LogP contribution in [0.25, 0.3) is 0 Å². The molecule has 2 N–H and O–H groups in total. The van der Waals surface area contributed by atoms with Crippen molar-refractivity contribution in [2.24, 2.45) is 17.1 Å². The monoisotopic (exact) mass is 302 g/mol. The van der Waals surface area contributed by atoms with Gasteiger partial charge in [-0.25, -0.2) is 0 Å². The Kier molecular flexibility index (Phi) is 3.77. The molecule has 3 unspecified atom stereocenters. The van der Waals surface area contributed by atoms with Gasteiger partial charge in [-0.3, -0.25) is 9.69 Å². The number of ether oxygens (including phenoxy) is 1. The Morgan fingerprint density at radius 2 is 2.00 bits per heavy atom. The van der Waals surface area contributed by atoms with Crippen LogP contribution in [0.1, 0.15) is 32.8 Å². The minimum atomic E-state index is -0.440. The van der Waals surface area contributed by atoms with Crippen molar-refractivity contribution in [2.75, 3.05) is 13.1 Å². The lowest BCUT2D eigenvalue weighted by molar-refractivity contribution is -0.161. The molecule has 2 aliphatic rings. The van der Waals surface area contributed by atoms with Crippen molar-refractivity contribution in [3.8, 4) is 0 Å². The van der Waals surface area contributed by atoms with Crippen LogP contribution in [0, 0.1) is 11.3 Å². The smallest absolute Gasteiger partial charge is 0.311 e. The van der Waals surface area contributed by atoms with Crippen LogP contribution in [-0.2, 0) is 16.1 Å². The summed E-state index contributed by atoms with van der Waals surface area (Å²) in [5.74, 6) is -0.179. The van der Waals surface area contributed by atoms with Crippen LogP contribution in [0.3, 0.4) is 0 Å². The van der Waals surface area contributed by atoms with Gasteiger partial charge in [0.1, 0.15) is 5.60 Å². The summed E-state index contributed by atoms with van der Waals surface area (Å²) in [6.07, 6.45) is 0.933. The van der Waals surface area contributed by atoms with Gasteiger partial charge in [-0.05, 0) is 32.8 Å². The van der Waals surface area contributed by atoms with Gasteiger partial charge in [-0.2, -0.15) is 0 Å². The van der Waals surface area contributed by atoms with E-state index in [2.05, 4.69) is 29.2 Å². The van der Waals surface area contributed by atoms with E-state index < -0.39 is 5.60 Å². The van der Waals surface area contributed by atoms with E-state index in [0.29, 0.717) is 0 Å². The molecule has 1 aliphatic carbocycles. The SMILES string of the molecule is CC(C)(C)OC(=O)C1CN(Cc2ccccc2)CC12CC2N. The molecule has 1 aliphatic heterocycles. The van der Waals surface area contributed by atoms with Crippen LogP contribution in [0.15, 0.2) is 30.3 Å². The lowest BCUT2D eigenvalue weighted by atomic mass is 9.92. The molecule has 1 saturated heterocycles. The molecular weight excluding hydrogens is 276 g/mol. The van der Waals surface area contributed by atoms with E-state index >= 15 is 0 Å². The molecule has 1 heterocycles. The molecule has 2 fully saturated rings. The molecule has 22 heavy (non-hydrogen) atoms. The number of carbonyl (C=O) groups is 1. The van der Waals surface area contributed by atoms with Crippen LogP contribution in [-0.4, -0.2) is 35.6 Å². The summed E-state index contributed by atoms with van der Waals surface area (Å²) in [4.78, 5) is 14.9. The van der Waals surface area contributed by atoms with E-state index in [0.717, 1.165) is 26.1 Å². The molecular formula is C18H26N2O2. The Balaban J connectivity index is 1.70. The Labute approximate surface area is 132 Å². The van der Waals surface area contributed by atoms with Crippen molar-refractivity contribution in [1.29, 1.82) is 0 Å². The number of benzene rings is 1. The fourth-order valence-corrected chi connectivity index (χ4v) is 3.61. The number of esters is 1. The van der Waals surface area contributed by atoms with Crippen molar-refractivity contribution in [1.82, 2.24) is 4.90 Å². The van der Waals surface area contributed by atoms with Crippen LogP contribution >= 0.6 is 0 Å². The standard InChI is InChI=1S/C18H26N2O2/c1-17(2,3)22-16(21)14-11-20(12-18(14)9-15(18)19)10-13-7-5-4-6-8-13/h4-8,14-15H,9-12,19H2,1-3H3. The van der Waals surface area contributed by atoms with Crippen molar-refractivity contribution in [3.05, 3.63) is 35.9 Å². The van der Waals surface area contributed by atoms with Crippen LogP contribution in [0.2, 0.25) is 0 Å². The fraction of sp³-hybridized carbons (Fsp3) is 0.611. The summed E-state index contributed by atoms with van der Waals surface area (Å²) in [5.41, 5.74) is 6.95. The Morgan fingerprint density at radius 1 is 1.36 bits per heavy atom. The molecule has 1 spiro atoms. The zero-order chi connectivity index (χ0) is 16.0. The molecule has 0 radical (unpaired) electrons. The average molecular weight is 302 g/mol. The number of rotatable bonds is 3. The summed E-state index contributed by atoms with van der Waals surface area (Å²) in [6, 6.07) is 10.5. The zero-order valence-electron chi connectivity index (χ0n) is 13.7. The number of nitrogens with two attached hydrogens (primary N) is 1. The third-order valence-corrected chi connectivity index (χ3v) is 4.77. The third kappa shape index (κ3) is 3.03. The van der Waals surface area contributed by atoms with Crippen molar-refractivity contribution < 1.29 is 9.53 Å². The summed E-state index contributed by atoms with van der Waals surface area (Å²) in [7, 11) is 0. The number of carbonyl (C=O) groups excluding carboxylic acids is 1. The van der Waals surface area contributed by atoms with Crippen LogP contribution in [0.5, 0.6) is 0 Å². The molecule has 1 saturated carbocycles. The highest BCUT2D eigenvalue weighted by atomic mass is 16.6. The number of hydrogen-bond donors (Lipinski definition) is 1. The average Bonchev–Trinajstić information content (AvgIpc) is 2.90. The molecule has 120 valence electrons. The summed E-state index contributed by atoms with van der Waals surface area (Å²) in [6.45, 7) is 8.27. The second-order valence-electron chi connectivity index (χ2n) is 7.79. The number of nitrogens with zero attached hydrogens (tertiary/aromatic N) is 1. The second kappa shape index (κ2) is 5.36. The van der Waals surface area contributed by atoms with Crippen LogP contribution in [0.4, 0.5) is 0 Å². The minimum Gasteiger partial charge on any atom is -0.460 e. The third-order valence-electron chi connectivity index (χ3n) is 4.77. The molecule has 0 aromatic heterocycles. The first kappa shape index (κ1) is 15.5. The van der Waals surface area contributed by atoms with Crippen molar-refractivity contribution in [3.63, 3.8) is 0 Å². The van der Waals surface area contributed by atoms with Gasteiger partial charge in [0.2, 0.25) is 0 Å². The molecule has 1 aromatic carbocycles. The lowest BCUT2D eigenvalue weighted by Crippen LogP contribution is -2.35. The number of likely N-dealkylation sites (tertiary alicyclic amines) is 1. The van der Waals surface area contributed by atoms with Gasteiger partial charge in [-0.1, -0.05) is 30.3 Å². The molecule has 3 rings (SSSR count). The zero-order valence-corrected chi connectivity index (χ0v) is 13.7. The van der Waals surface area contributed by atoms with E-state index in [1.165, 1.54) is 5.56 Å². The van der Waals surface area contributed by atoms with Gasteiger partial charge in [0.25, 0.3) is 0 Å². The minimum absolute atomic E-state index is 0.0584. The van der Waals surface area contributed by atoms with Crippen LogP contribution < -0.4 is 5.73 Å². The molecule has 4 nitrogen and oxygen atoms in total. The Hall–Kier alpha value is -1.39. The fourth-order valence-electron chi connectivity index (χ4n) is 3.61. The van der Waals surface area contributed by atoms with E-state index in [-0.39, 0.29) is 23.3 Å². The molecule has 0 amide bonds. The first-order valence-electron chi connectivity index (χ1n) is 8.05. The maximum atomic E-state index is 12.6. The predicted octanol–water partition coefficient (Wildman–Crippen LogP) is 2.18. The maximum Gasteiger partial charge on any atom is 0.311 e. The lowest BCUT2D eigenvalue weighted by Gasteiger charge is -2.24. The highest BCUT2D eigenvalue weighted by Gasteiger charge is 2.64. The van der Waals surface area contributed by atoms with Crippen molar-refractivity contribution in [2.45, 2.75) is 45.4 Å². The van der Waals surface area contributed by atoms with E-state index in [9.17, 15) is 4.79 Å². The molecule has 4 heteroatoms. The quantitative estimate of drug-likeness (QED) is 0.870. The molecule has 0 bridgehead atoms. The molecule has 1 aromatic rings. The number of hydrogen-bond acceptors (Lipinski definition) is 4. The van der Waals surface area contributed by atoms with Gasteiger partial charge in [0.05, 0.1) is 5.92 Å². The van der Waals surface area contributed by atoms with Crippen molar-refractivity contribution >= 4 is 5.97 Å². The van der Waals surface area contributed by atoms with Gasteiger partial charge in [-0.15, -0.1) is 0 Å². The highest BCUT2D eigenvalue weighted by Crippen LogP contribution is 2.55. The molecule has 3 atom stereocenters. The first-order chi connectivity index (χ1) is 10.3. The summed E-state index contributed by atoms with van der Waals surface area (Å²) >= 11 is 0. The van der Waals surface area contributed by atoms with E-state index in [1.807, 2.05) is 26.8 Å². The van der Waals surface area contributed by atoms with E-state index in [1.54, 1.807) is 0 Å². The van der Waals surface area contributed by atoms with Gasteiger partial charge in [0, 0.05) is 31.1 Å². The van der Waals surface area contributed by atoms with E-state index in [4.69, 9.17) is 10.5 Å². The normalized spacial score (nSPS) is 31.5. The Bertz CT molecular complexity index is 552. The van der Waals surface area contributed by atoms with Gasteiger partial charge >= 0.3 is 5.97 Å². The van der Waals surface area contributed by atoms with Gasteiger partial charge in [0.15, 0.2) is 0 Å². The Morgan fingerprint density at radius 3 is 2.55 bits per heavy atom. The topological polar surface area (TPSA) is 55.6 Å². The summed E-state index contributed by atoms with van der Waals surface area (Å²) < 4.78 is 5.62. The largest absolute Gasteiger partial charge is 0.460 e. The maximum absolute atomic E-state index is 12.6. The predicted molar refractivity (Wildman–Crippen MR) is 86.1 cm³/mol.